The van der Waals surface area contributed by atoms with E-state index in [0.29, 0.717) is 5.41 Å². The van der Waals surface area contributed by atoms with E-state index in [9.17, 15) is 10.2 Å². The molecule has 0 aromatic carbocycles. The Morgan fingerprint density at radius 3 is 2.29 bits per heavy atom. The third-order valence-electron chi connectivity index (χ3n) is 8.59. The third kappa shape index (κ3) is 1.91. The van der Waals surface area contributed by atoms with Crippen molar-refractivity contribution in [3.63, 3.8) is 0 Å². The monoisotopic (exact) mass is 292 g/mol. The number of aliphatic hydroxyl groups excluding tert-OH is 2. The van der Waals surface area contributed by atoms with Gasteiger partial charge in [0.05, 0.1) is 12.2 Å². The maximum absolute atomic E-state index is 10.5. The zero-order chi connectivity index (χ0) is 14.8. The highest BCUT2D eigenvalue weighted by atomic mass is 16.3. The first kappa shape index (κ1) is 14.5. The second-order valence-electron chi connectivity index (χ2n) is 9.22. The molecule has 0 radical (unpaired) electrons. The Kier molecular flexibility index (Phi) is 3.25. The van der Waals surface area contributed by atoms with Crippen LogP contribution in [0.1, 0.15) is 71.6 Å². The molecule has 21 heavy (non-hydrogen) atoms. The molecule has 2 heteroatoms. The maximum atomic E-state index is 10.5. The average molecular weight is 292 g/mol. The van der Waals surface area contributed by atoms with Crippen molar-refractivity contribution in [3.05, 3.63) is 0 Å². The minimum atomic E-state index is -0.0536. The number of rotatable bonds is 0. The molecule has 2 nitrogen and oxygen atoms in total. The molecule has 4 aliphatic carbocycles. The molecule has 0 amide bonds. The van der Waals surface area contributed by atoms with Gasteiger partial charge in [0.25, 0.3) is 0 Å². The van der Waals surface area contributed by atoms with Gasteiger partial charge >= 0.3 is 0 Å². The lowest BCUT2D eigenvalue weighted by Gasteiger charge is -2.60. The summed E-state index contributed by atoms with van der Waals surface area (Å²) in [5.74, 6) is 3.21. The lowest BCUT2D eigenvalue weighted by molar-refractivity contribution is -0.133. The van der Waals surface area contributed by atoms with Gasteiger partial charge in [0.15, 0.2) is 0 Å². The summed E-state index contributed by atoms with van der Waals surface area (Å²) >= 11 is 0. The minimum Gasteiger partial charge on any atom is -0.393 e. The van der Waals surface area contributed by atoms with E-state index in [0.717, 1.165) is 42.9 Å². The zero-order valence-electron chi connectivity index (χ0n) is 13.7. The van der Waals surface area contributed by atoms with Crippen LogP contribution >= 0.6 is 0 Å². The summed E-state index contributed by atoms with van der Waals surface area (Å²) in [6.45, 7) is 4.90. The zero-order valence-corrected chi connectivity index (χ0v) is 13.7. The van der Waals surface area contributed by atoms with E-state index in [4.69, 9.17) is 0 Å². The van der Waals surface area contributed by atoms with Gasteiger partial charge in [-0.2, -0.15) is 0 Å². The first-order valence-corrected chi connectivity index (χ1v) is 9.31. The third-order valence-corrected chi connectivity index (χ3v) is 8.59. The largest absolute Gasteiger partial charge is 0.393 e. The lowest BCUT2D eigenvalue weighted by atomic mass is 9.45. The fourth-order valence-electron chi connectivity index (χ4n) is 7.21. The van der Waals surface area contributed by atoms with Crippen LogP contribution in [0.3, 0.4) is 0 Å². The van der Waals surface area contributed by atoms with Crippen LogP contribution in [0.25, 0.3) is 0 Å². The van der Waals surface area contributed by atoms with Crippen LogP contribution in [-0.4, -0.2) is 22.4 Å². The predicted octanol–water partition coefficient (Wildman–Crippen LogP) is 3.75. The van der Waals surface area contributed by atoms with Gasteiger partial charge in [-0.15, -0.1) is 0 Å². The molecule has 0 bridgehead atoms. The molecule has 0 aromatic rings. The molecule has 4 rings (SSSR count). The van der Waals surface area contributed by atoms with E-state index in [1.165, 1.54) is 38.5 Å². The number of hydrogen-bond donors (Lipinski definition) is 2. The lowest BCUT2D eigenvalue weighted by Crippen LogP contribution is -2.54. The summed E-state index contributed by atoms with van der Waals surface area (Å²) in [6, 6.07) is 0. The van der Waals surface area contributed by atoms with Crippen molar-refractivity contribution in [1.29, 1.82) is 0 Å². The molecule has 3 unspecified atom stereocenters. The first-order chi connectivity index (χ1) is 9.95. The van der Waals surface area contributed by atoms with Crippen molar-refractivity contribution in [2.45, 2.75) is 83.8 Å². The smallest absolute Gasteiger partial charge is 0.0596 e. The molecule has 0 aromatic heterocycles. The topological polar surface area (TPSA) is 40.5 Å². The SMILES string of the molecule is C[C@]12CCC3C(CC[C@H]4C[C@@H](O)CC[C@]34C)C1CC[C@@H]2O. The van der Waals surface area contributed by atoms with E-state index < -0.39 is 0 Å². The van der Waals surface area contributed by atoms with Crippen molar-refractivity contribution < 1.29 is 10.2 Å². The number of hydrogen-bond acceptors (Lipinski definition) is 2. The summed E-state index contributed by atoms with van der Waals surface area (Å²) in [4.78, 5) is 0. The van der Waals surface area contributed by atoms with Crippen molar-refractivity contribution in [1.82, 2.24) is 0 Å². The highest BCUT2D eigenvalue weighted by Crippen LogP contribution is 2.66. The fourth-order valence-corrected chi connectivity index (χ4v) is 7.21. The molecule has 120 valence electrons. The molecular weight excluding hydrogens is 260 g/mol. The van der Waals surface area contributed by atoms with Crippen LogP contribution in [0, 0.1) is 34.5 Å². The van der Waals surface area contributed by atoms with E-state index in [2.05, 4.69) is 13.8 Å². The summed E-state index contributed by atoms with van der Waals surface area (Å²) in [6.07, 6.45) is 10.7. The molecule has 0 heterocycles. The Hall–Kier alpha value is -0.0800. The Bertz CT molecular complexity index is 422. The molecule has 0 spiro atoms. The standard InChI is InChI=1S/C19H32O2/c1-18-9-7-13(20)11-12(18)3-4-14-15-5-6-17(21)19(15,2)10-8-16(14)18/h12-17,20-21H,3-11H2,1-2H3/t12-,13-,14?,15?,16?,17-,18-,19-/m0/s1. The molecule has 2 N–H and O–H groups in total. The van der Waals surface area contributed by atoms with Crippen LogP contribution in [0.15, 0.2) is 0 Å². The molecule has 0 aliphatic heterocycles. The molecule has 4 aliphatic rings. The van der Waals surface area contributed by atoms with Gasteiger partial charge in [0, 0.05) is 0 Å². The predicted molar refractivity (Wildman–Crippen MR) is 83.7 cm³/mol. The normalized spacial score (nSPS) is 60.0. The number of aliphatic hydroxyl groups is 2. The van der Waals surface area contributed by atoms with Crippen molar-refractivity contribution in [3.8, 4) is 0 Å². The van der Waals surface area contributed by atoms with Gasteiger partial charge in [0.1, 0.15) is 0 Å². The van der Waals surface area contributed by atoms with Gasteiger partial charge in [-0.1, -0.05) is 13.8 Å². The second-order valence-corrected chi connectivity index (χ2v) is 9.22. The van der Waals surface area contributed by atoms with Crippen LogP contribution in [0.5, 0.6) is 0 Å². The van der Waals surface area contributed by atoms with Gasteiger partial charge in [-0.05, 0) is 92.3 Å². The van der Waals surface area contributed by atoms with Gasteiger partial charge in [-0.25, -0.2) is 0 Å². The van der Waals surface area contributed by atoms with Gasteiger partial charge in [0.2, 0.25) is 0 Å². The van der Waals surface area contributed by atoms with E-state index in [1.54, 1.807) is 0 Å². The Morgan fingerprint density at radius 1 is 0.762 bits per heavy atom. The summed E-state index contributed by atoms with van der Waals surface area (Å²) in [5.41, 5.74) is 0.676. The Balaban J connectivity index is 1.62. The summed E-state index contributed by atoms with van der Waals surface area (Å²) in [5, 5.41) is 20.5. The van der Waals surface area contributed by atoms with E-state index in [-0.39, 0.29) is 17.6 Å². The van der Waals surface area contributed by atoms with Crippen molar-refractivity contribution in [2.24, 2.45) is 34.5 Å². The molecule has 4 fully saturated rings. The molecule has 0 saturated heterocycles. The molecular formula is C19H32O2. The Labute approximate surface area is 129 Å². The molecule has 8 atom stereocenters. The van der Waals surface area contributed by atoms with Crippen molar-refractivity contribution in [2.75, 3.05) is 0 Å². The summed E-state index contributed by atoms with van der Waals surface area (Å²) in [7, 11) is 0. The van der Waals surface area contributed by atoms with Gasteiger partial charge in [-0.3, -0.25) is 0 Å². The summed E-state index contributed by atoms with van der Waals surface area (Å²) < 4.78 is 0. The molecule has 4 saturated carbocycles. The van der Waals surface area contributed by atoms with Crippen molar-refractivity contribution >= 4 is 0 Å². The van der Waals surface area contributed by atoms with Crippen LogP contribution in [0.2, 0.25) is 0 Å². The Morgan fingerprint density at radius 2 is 1.48 bits per heavy atom. The number of fused-ring (bicyclic) bond motifs is 5. The minimum absolute atomic E-state index is 0.0400. The first-order valence-electron chi connectivity index (χ1n) is 9.31. The van der Waals surface area contributed by atoms with E-state index >= 15 is 0 Å². The van der Waals surface area contributed by atoms with Crippen LogP contribution in [0.4, 0.5) is 0 Å². The average Bonchev–Trinajstić information content (AvgIpc) is 2.76. The second kappa shape index (κ2) is 4.71. The quantitative estimate of drug-likeness (QED) is 0.714. The van der Waals surface area contributed by atoms with Crippen LogP contribution in [-0.2, 0) is 0 Å². The fraction of sp³-hybridized carbons (Fsp3) is 1.00. The highest BCUT2D eigenvalue weighted by Gasteiger charge is 2.59. The van der Waals surface area contributed by atoms with Gasteiger partial charge < -0.3 is 10.2 Å². The van der Waals surface area contributed by atoms with Crippen LogP contribution < -0.4 is 0 Å². The van der Waals surface area contributed by atoms with E-state index in [1.807, 2.05) is 0 Å². The maximum Gasteiger partial charge on any atom is 0.0596 e. The highest BCUT2D eigenvalue weighted by molar-refractivity contribution is 5.09.